The van der Waals surface area contributed by atoms with Crippen molar-refractivity contribution in [1.29, 1.82) is 0 Å². The minimum atomic E-state index is -3.17. The van der Waals surface area contributed by atoms with Crippen LogP contribution < -0.4 is 10.6 Å². The van der Waals surface area contributed by atoms with Gasteiger partial charge in [0.05, 0.1) is 6.26 Å². The maximum absolute atomic E-state index is 12.9. The molecule has 2 N–H and O–H groups in total. The Hall–Kier alpha value is -1.68. The molecule has 10 heteroatoms. The fourth-order valence-electron chi connectivity index (χ4n) is 4.64. The van der Waals surface area contributed by atoms with E-state index in [9.17, 15) is 22.8 Å². The Balaban J connectivity index is 1.46. The summed E-state index contributed by atoms with van der Waals surface area (Å²) in [4.78, 5) is 38.6. The van der Waals surface area contributed by atoms with Gasteiger partial charge in [0.25, 0.3) is 5.91 Å². The monoisotopic (exact) mass is 428 g/mol. The number of amides is 4. The minimum Gasteiger partial charge on any atom is -0.354 e. The van der Waals surface area contributed by atoms with E-state index in [-0.39, 0.29) is 24.3 Å². The molecule has 0 aromatic rings. The molecule has 1 saturated carbocycles. The third kappa shape index (κ3) is 4.91. The molecule has 0 atom stereocenters. The smallest absolute Gasteiger partial charge is 0.325 e. The zero-order chi connectivity index (χ0) is 21.2. The summed E-state index contributed by atoms with van der Waals surface area (Å²) >= 11 is 0. The predicted molar refractivity (Wildman–Crippen MR) is 107 cm³/mol. The van der Waals surface area contributed by atoms with Gasteiger partial charge in [-0.25, -0.2) is 17.5 Å². The van der Waals surface area contributed by atoms with Crippen LogP contribution in [0.3, 0.4) is 0 Å². The van der Waals surface area contributed by atoms with Crippen LogP contribution in [0.5, 0.6) is 0 Å². The number of nitrogens with one attached hydrogen (secondary N) is 2. The van der Waals surface area contributed by atoms with Gasteiger partial charge in [-0.2, -0.15) is 0 Å². The highest BCUT2D eigenvalue weighted by Crippen LogP contribution is 2.37. The standard InChI is InChI=1S/C19H32N4O5S/c1-3-14-4-8-19(9-5-14)17(25)23(18(26)21-19)13-16(24)20-12-15-6-10-22(11-7-15)29(2,27)28/h14-15H,3-13H2,1-2H3,(H,20,24)(H,21,26). The second-order valence-electron chi connectivity index (χ2n) is 8.66. The van der Waals surface area contributed by atoms with Crippen LogP contribution in [0.15, 0.2) is 0 Å². The molecule has 3 aliphatic rings. The number of urea groups is 1. The molecule has 1 aliphatic carbocycles. The van der Waals surface area contributed by atoms with Crippen molar-refractivity contribution in [2.45, 2.75) is 57.4 Å². The minimum absolute atomic E-state index is 0.190. The Labute approximate surface area is 172 Å². The lowest BCUT2D eigenvalue weighted by Gasteiger charge is -2.34. The van der Waals surface area contributed by atoms with Gasteiger partial charge in [-0.3, -0.25) is 14.5 Å². The summed E-state index contributed by atoms with van der Waals surface area (Å²) < 4.78 is 24.6. The molecule has 29 heavy (non-hydrogen) atoms. The second-order valence-corrected chi connectivity index (χ2v) is 10.6. The number of piperidine rings is 1. The highest BCUT2D eigenvalue weighted by Gasteiger charge is 2.52. The van der Waals surface area contributed by atoms with Crippen LogP contribution in [-0.2, 0) is 19.6 Å². The number of imide groups is 1. The van der Waals surface area contributed by atoms with E-state index < -0.39 is 21.6 Å². The van der Waals surface area contributed by atoms with Gasteiger partial charge in [-0.1, -0.05) is 13.3 Å². The van der Waals surface area contributed by atoms with Crippen molar-refractivity contribution >= 4 is 27.9 Å². The topological polar surface area (TPSA) is 116 Å². The highest BCUT2D eigenvalue weighted by molar-refractivity contribution is 7.88. The number of carbonyl (C=O) groups is 3. The molecular weight excluding hydrogens is 396 g/mol. The fourth-order valence-corrected chi connectivity index (χ4v) is 5.51. The van der Waals surface area contributed by atoms with Crippen LogP contribution in [0.2, 0.25) is 0 Å². The van der Waals surface area contributed by atoms with Crippen LogP contribution in [0.25, 0.3) is 0 Å². The zero-order valence-corrected chi connectivity index (χ0v) is 18.1. The second kappa shape index (κ2) is 8.59. The summed E-state index contributed by atoms with van der Waals surface area (Å²) in [6.45, 7) is 3.19. The first-order valence-electron chi connectivity index (χ1n) is 10.5. The molecule has 164 valence electrons. The molecule has 0 bridgehead atoms. The van der Waals surface area contributed by atoms with Gasteiger partial charge in [0.2, 0.25) is 15.9 Å². The van der Waals surface area contributed by atoms with Gasteiger partial charge >= 0.3 is 6.03 Å². The Morgan fingerprint density at radius 3 is 2.31 bits per heavy atom. The Morgan fingerprint density at radius 1 is 1.14 bits per heavy atom. The molecule has 2 heterocycles. The van der Waals surface area contributed by atoms with Crippen molar-refractivity contribution < 1.29 is 22.8 Å². The first kappa shape index (κ1) is 22.0. The number of hydrogen-bond donors (Lipinski definition) is 2. The van der Waals surface area contributed by atoms with Crippen molar-refractivity contribution in [3.8, 4) is 0 Å². The molecule has 0 aromatic carbocycles. The van der Waals surface area contributed by atoms with Crippen LogP contribution in [0, 0.1) is 11.8 Å². The molecule has 0 radical (unpaired) electrons. The summed E-state index contributed by atoms with van der Waals surface area (Å²) in [5.74, 6) is 0.138. The summed E-state index contributed by atoms with van der Waals surface area (Å²) in [5, 5.41) is 5.64. The zero-order valence-electron chi connectivity index (χ0n) is 17.3. The van der Waals surface area contributed by atoms with E-state index in [1.54, 1.807) is 0 Å². The SMILES string of the molecule is CCC1CCC2(CC1)NC(=O)N(CC(=O)NCC1CCN(S(C)(=O)=O)CC1)C2=O. The predicted octanol–water partition coefficient (Wildman–Crippen LogP) is 0.665. The number of hydrogen-bond acceptors (Lipinski definition) is 5. The van der Waals surface area contributed by atoms with E-state index in [1.807, 2.05) is 0 Å². The van der Waals surface area contributed by atoms with E-state index in [0.29, 0.717) is 51.2 Å². The number of rotatable bonds is 6. The summed E-state index contributed by atoms with van der Waals surface area (Å²) in [7, 11) is -3.17. The van der Waals surface area contributed by atoms with Gasteiger partial charge in [-0.05, 0) is 50.4 Å². The van der Waals surface area contributed by atoms with Crippen molar-refractivity contribution in [3.63, 3.8) is 0 Å². The molecule has 9 nitrogen and oxygen atoms in total. The van der Waals surface area contributed by atoms with Gasteiger partial charge in [0.1, 0.15) is 12.1 Å². The van der Waals surface area contributed by atoms with Crippen LogP contribution >= 0.6 is 0 Å². The largest absolute Gasteiger partial charge is 0.354 e. The van der Waals surface area contributed by atoms with Crippen molar-refractivity contribution in [2.75, 3.05) is 32.4 Å². The summed E-state index contributed by atoms with van der Waals surface area (Å²) in [6.07, 6.45) is 6.72. The molecule has 0 aromatic heterocycles. The lowest BCUT2D eigenvalue weighted by molar-refractivity contribution is -0.136. The van der Waals surface area contributed by atoms with E-state index in [1.165, 1.54) is 10.6 Å². The van der Waals surface area contributed by atoms with E-state index in [0.717, 1.165) is 24.2 Å². The normalized spacial score (nSPS) is 29.3. The van der Waals surface area contributed by atoms with Crippen LogP contribution in [0.1, 0.15) is 51.9 Å². The lowest BCUT2D eigenvalue weighted by atomic mass is 9.75. The summed E-state index contributed by atoms with van der Waals surface area (Å²) in [6, 6.07) is -0.485. The molecular formula is C19H32N4O5S. The number of sulfonamides is 1. The first-order valence-corrected chi connectivity index (χ1v) is 12.4. The fraction of sp³-hybridized carbons (Fsp3) is 0.842. The molecule has 3 rings (SSSR count). The Bertz CT molecular complexity index is 753. The molecule has 0 unspecified atom stereocenters. The van der Waals surface area contributed by atoms with Gasteiger partial charge in [-0.15, -0.1) is 0 Å². The maximum Gasteiger partial charge on any atom is 0.325 e. The first-order chi connectivity index (χ1) is 13.6. The van der Waals surface area contributed by atoms with E-state index >= 15 is 0 Å². The maximum atomic E-state index is 12.9. The number of nitrogens with zero attached hydrogens (tertiary/aromatic N) is 2. The number of carbonyl (C=O) groups excluding carboxylic acids is 3. The Kier molecular flexibility index (Phi) is 6.52. The van der Waals surface area contributed by atoms with Crippen LogP contribution in [0.4, 0.5) is 4.79 Å². The molecule has 4 amide bonds. The lowest BCUT2D eigenvalue weighted by Crippen LogP contribution is -2.50. The average Bonchev–Trinajstić information content (AvgIpc) is 2.91. The van der Waals surface area contributed by atoms with Crippen LogP contribution in [-0.4, -0.2) is 73.4 Å². The molecule has 1 spiro atoms. The van der Waals surface area contributed by atoms with E-state index in [4.69, 9.17) is 0 Å². The van der Waals surface area contributed by atoms with Gasteiger partial charge in [0.15, 0.2) is 0 Å². The average molecular weight is 429 g/mol. The van der Waals surface area contributed by atoms with Crippen molar-refractivity contribution in [3.05, 3.63) is 0 Å². The van der Waals surface area contributed by atoms with Crippen molar-refractivity contribution in [1.82, 2.24) is 19.8 Å². The molecule has 2 aliphatic heterocycles. The third-order valence-corrected chi connectivity index (χ3v) is 8.02. The van der Waals surface area contributed by atoms with Gasteiger partial charge in [0, 0.05) is 19.6 Å². The molecule has 2 saturated heterocycles. The third-order valence-electron chi connectivity index (χ3n) is 6.71. The van der Waals surface area contributed by atoms with Gasteiger partial charge < -0.3 is 10.6 Å². The Morgan fingerprint density at radius 2 is 1.76 bits per heavy atom. The quantitative estimate of drug-likeness (QED) is 0.603. The molecule has 3 fully saturated rings. The van der Waals surface area contributed by atoms with Crippen molar-refractivity contribution in [2.24, 2.45) is 11.8 Å². The van der Waals surface area contributed by atoms with E-state index in [2.05, 4.69) is 17.6 Å². The summed E-state index contributed by atoms with van der Waals surface area (Å²) in [5.41, 5.74) is -0.832. The highest BCUT2D eigenvalue weighted by atomic mass is 32.2.